The molecule has 2 aliphatic heterocycles. The minimum absolute atomic E-state index is 0.129. The molecule has 39 heavy (non-hydrogen) atoms. The summed E-state index contributed by atoms with van der Waals surface area (Å²) in [6.07, 6.45) is -1.21. The predicted octanol–water partition coefficient (Wildman–Crippen LogP) is 5.65. The summed E-state index contributed by atoms with van der Waals surface area (Å²) < 4.78 is 32.2. The van der Waals surface area contributed by atoms with E-state index < -0.39 is 30.4 Å². The number of thiazole rings is 1. The Morgan fingerprint density at radius 3 is 2.49 bits per heavy atom. The van der Waals surface area contributed by atoms with Crippen LogP contribution in [0.15, 0.2) is 71.3 Å². The maximum Gasteiger partial charge on any atom is 0.209 e. The Kier molecular flexibility index (Phi) is 6.95. The van der Waals surface area contributed by atoms with E-state index in [4.69, 9.17) is 23.7 Å². The Hall–Kier alpha value is -2.86. The third-order valence-corrected chi connectivity index (χ3v) is 8.37. The van der Waals surface area contributed by atoms with Crippen LogP contribution in [0.4, 0.5) is 0 Å². The van der Waals surface area contributed by atoms with Gasteiger partial charge in [0.1, 0.15) is 22.8 Å². The normalized spacial score (nSPS) is 23.7. The quantitative estimate of drug-likeness (QED) is 0.238. The van der Waals surface area contributed by atoms with Crippen LogP contribution in [0.5, 0.6) is 5.75 Å². The van der Waals surface area contributed by atoms with Gasteiger partial charge in [-0.2, -0.15) is 0 Å². The van der Waals surface area contributed by atoms with Gasteiger partial charge in [0.2, 0.25) is 11.6 Å². The zero-order valence-corrected chi connectivity index (χ0v) is 23.9. The number of hydrogen-bond acceptors (Lipinski definition) is 8. The molecular weight excluding hydrogens is 586 g/mol. The van der Waals surface area contributed by atoms with Gasteiger partial charge in [-0.15, -0.1) is 11.3 Å². The van der Waals surface area contributed by atoms with Crippen molar-refractivity contribution in [2.24, 2.45) is 0 Å². The Balaban J connectivity index is 1.25. The average molecular weight is 612 g/mol. The van der Waals surface area contributed by atoms with Crippen LogP contribution < -0.4 is 4.74 Å². The molecule has 4 heterocycles. The molecule has 0 aliphatic carbocycles. The first-order chi connectivity index (χ1) is 18.7. The van der Waals surface area contributed by atoms with E-state index in [1.807, 2.05) is 42.5 Å². The lowest BCUT2D eigenvalue weighted by atomic mass is 10.1. The highest BCUT2D eigenvalue weighted by molar-refractivity contribution is 9.10. The van der Waals surface area contributed by atoms with Crippen molar-refractivity contribution in [1.29, 1.82) is 0 Å². The van der Waals surface area contributed by atoms with Gasteiger partial charge in [0.25, 0.3) is 0 Å². The molecule has 2 fully saturated rings. The minimum Gasteiger partial charge on any atom is -0.497 e. The Morgan fingerprint density at radius 2 is 1.77 bits per heavy atom. The van der Waals surface area contributed by atoms with Gasteiger partial charge < -0.3 is 28.1 Å². The van der Waals surface area contributed by atoms with E-state index in [1.165, 1.54) is 11.3 Å². The first kappa shape index (κ1) is 26.4. The number of Topliss-reactive ketones (excluding diaryl/α,β-unsaturated/α-hetero) is 1. The zero-order chi connectivity index (χ0) is 27.3. The molecule has 0 N–H and O–H groups in total. The summed E-state index contributed by atoms with van der Waals surface area (Å²) in [6.45, 7) is 3.87. The molecule has 4 aromatic rings. The number of ether oxygens (including phenoxy) is 5. The van der Waals surface area contributed by atoms with Crippen LogP contribution in [0.25, 0.3) is 4.83 Å². The highest BCUT2D eigenvalue weighted by atomic mass is 79.9. The standard InChI is InChI=1S/C29H26BrNO7S/c1-29(2)37-27-26(35-15-16-4-10-19(34-3)11-5-16)25(36-28(27)38-29)24(33)21-14-31-20(12-13-22(31)39-21)23(32)17-6-8-18(30)9-7-17/h4-14,25-28H,15H2,1-3H3/t25-,26+,27-,28-/m1/s1. The van der Waals surface area contributed by atoms with Crippen molar-refractivity contribution in [3.63, 3.8) is 0 Å². The molecule has 0 spiro atoms. The van der Waals surface area contributed by atoms with Gasteiger partial charge in [0.15, 0.2) is 18.2 Å². The lowest BCUT2D eigenvalue weighted by Gasteiger charge is -2.25. The summed E-state index contributed by atoms with van der Waals surface area (Å²) in [5.41, 5.74) is 1.96. The monoisotopic (exact) mass is 611 g/mol. The van der Waals surface area contributed by atoms with Crippen molar-refractivity contribution in [3.05, 3.63) is 93.0 Å². The number of carbonyl (C=O) groups is 2. The van der Waals surface area contributed by atoms with Crippen LogP contribution in [0.3, 0.4) is 0 Å². The number of carbonyl (C=O) groups excluding carboxylic acids is 2. The minimum atomic E-state index is -0.927. The molecule has 2 aliphatic rings. The largest absolute Gasteiger partial charge is 0.497 e. The zero-order valence-electron chi connectivity index (χ0n) is 21.5. The number of halogens is 1. The molecule has 0 radical (unpaired) electrons. The molecule has 2 saturated heterocycles. The van der Waals surface area contributed by atoms with Gasteiger partial charge in [-0.05, 0) is 67.9 Å². The van der Waals surface area contributed by atoms with Crippen LogP contribution in [0.1, 0.15) is 45.1 Å². The second kappa shape index (κ2) is 10.3. The van der Waals surface area contributed by atoms with Crippen LogP contribution in [-0.2, 0) is 25.6 Å². The maximum absolute atomic E-state index is 13.8. The van der Waals surface area contributed by atoms with Crippen LogP contribution in [0, 0.1) is 0 Å². The number of aromatic nitrogens is 1. The Morgan fingerprint density at radius 1 is 1.03 bits per heavy atom. The van der Waals surface area contributed by atoms with Gasteiger partial charge >= 0.3 is 0 Å². The second-order valence-corrected chi connectivity index (χ2v) is 11.8. The number of fused-ring (bicyclic) bond motifs is 2. The summed E-state index contributed by atoms with van der Waals surface area (Å²) in [4.78, 5) is 28.2. The molecule has 0 bridgehead atoms. The second-order valence-electron chi connectivity index (χ2n) is 9.87. The van der Waals surface area contributed by atoms with Crippen molar-refractivity contribution >= 4 is 43.7 Å². The number of benzene rings is 2. The predicted molar refractivity (Wildman–Crippen MR) is 147 cm³/mol. The fraction of sp³-hybridized carbons (Fsp3) is 0.310. The lowest BCUT2D eigenvalue weighted by Crippen LogP contribution is -2.40. The number of nitrogens with zero attached hydrogens (tertiary/aromatic N) is 1. The molecule has 0 saturated carbocycles. The first-order valence-corrected chi connectivity index (χ1v) is 14.0. The topological polar surface area (TPSA) is 84.7 Å². The van der Waals surface area contributed by atoms with E-state index in [0.29, 0.717) is 16.1 Å². The number of methoxy groups -OCH3 is 1. The molecule has 10 heteroatoms. The van der Waals surface area contributed by atoms with Gasteiger partial charge in [0, 0.05) is 16.2 Å². The van der Waals surface area contributed by atoms with Crippen molar-refractivity contribution in [2.45, 2.75) is 50.8 Å². The van der Waals surface area contributed by atoms with Gasteiger partial charge in [-0.25, -0.2) is 0 Å². The molecule has 2 aromatic heterocycles. The average Bonchev–Trinajstić information content (AvgIpc) is 3.66. The molecule has 4 atom stereocenters. The fourth-order valence-corrected chi connectivity index (χ4v) is 6.13. The summed E-state index contributed by atoms with van der Waals surface area (Å²) in [7, 11) is 1.61. The molecule has 2 aromatic carbocycles. The number of hydrogen-bond donors (Lipinski definition) is 0. The van der Waals surface area contributed by atoms with E-state index >= 15 is 0 Å². The molecule has 8 nitrogen and oxygen atoms in total. The van der Waals surface area contributed by atoms with E-state index in [9.17, 15) is 9.59 Å². The van der Waals surface area contributed by atoms with Crippen molar-refractivity contribution in [1.82, 2.24) is 4.40 Å². The van der Waals surface area contributed by atoms with Crippen molar-refractivity contribution < 1.29 is 33.3 Å². The summed E-state index contributed by atoms with van der Waals surface area (Å²) in [6, 6.07) is 18.3. The summed E-state index contributed by atoms with van der Waals surface area (Å²) in [5, 5.41) is 0. The van der Waals surface area contributed by atoms with E-state index in [2.05, 4.69) is 15.9 Å². The Labute approximate surface area is 237 Å². The van der Waals surface area contributed by atoms with Gasteiger partial charge in [-0.1, -0.05) is 28.1 Å². The van der Waals surface area contributed by atoms with Crippen molar-refractivity contribution in [3.8, 4) is 5.75 Å². The van der Waals surface area contributed by atoms with Gasteiger partial charge in [0.05, 0.1) is 24.3 Å². The lowest BCUT2D eigenvalue weighted by molar-refractivity contribution is -0.212. The van der Waals surface area contributed by atoms with Crippen LogP contribution >= 0.6 is 27.3 Å². The number of rotatable bonds is 8. The highest BCUT2D eigenvalue weighted by Gasteiger charge is 2.57. The van der Waals surface area contributed by atoms with Crippen LogP contribution in [-0.4, -0.2) is 53.5 Å². The van der Waals surface area contributed by atoms with Crippen LogP contribution in [0.2, 0.25) is 0 Å². The molecular formula is C29H26BrNO7S. The van der Waals surface area contributed by atoms with E-state index in [-0.39, 0.29) is 18.2 Å². The third-order valence-electron chi connectivity index (χ3n) is 6.77. The molecule has 6 rings (SSSR count). The van der Waals surface area contributed by atoms with E-state index in [0.717, 1.165) is 20.6 Å². The first-order valence-electron chi connectivity index (χ1n) is 12.4. The molecule has 202 valence electrons. The number of ketones is 2. The third kappa shape index (κ3) is 5.08. The van der Waals surface area contributed by atoms with Crippen molar-refractivity contribution in [2.75, 3.05) is 7.11 Å². The fourth-order valence-electron chi connectivity index (χ4n) is 4.88. The molecule has 0 unspecified atom stereocenters. The van der Waals surface area contributed by atoms with Gasteiger partial charge in [-0.3, -0.25) is 9.59 Å². The summed E-state index contributed by atoms with van der Waals surface area (Å²) in [5.74, 6) is -0.481. The highest BCUT2D eigenvalue weighted by Crippen LogP contribution is 2.40. The maximum atomic E-state index is 13.8. The molecule has 0 amide bonds. The van der Waals surface area contributed by atoms with E-state index in [1.54, 1.807) is 49.8 Å². The summed E-state index contributed by atoms with van der Waals surface area (Å²) >= 11 is 4.70. The Bertz CT molecular complexity index is 1530. The SMILES string of the molecule is COc1ccc(CO[C@@H]2[C@H]3OC(C)(C)O[C@H]3O[C@@H]2C(=O)c2cn3c(C(=O)c4ccc(Br)cc4)ccc3s2)cc1. The smallest absolute Gasteiger partial charge is 0.209 e.